The highest BCUT2D eigenvalue weighted by molar-refractivity contribution is 5.68. The second kappa shape index (κ2) is 3.63. The lowest BCUT2D eigenvalue weighted by molar-refractivity contribution is -0.0793. The first-order valence-electron chi connectivity index (χ1n) is 4.94. The Kier molecular flexibility index (Phi) is 2.43. The molecule has 0 heterocycles. The highest BCUT2D eigenvalue weighted by Gasteiger charge is 2.45. The summed E-state index contributed by atoms with van der Waals surface area (Å²) in [6.45, 7) is 0. The number of nitrogen functional groups attached to an aromatic ring is 1. The number of nitrogens with two attached hydrogens (primary N) is 1. The van der Waals surface area contributed by atoms with E-state index in [9.17, 15) is 8.78 Å². The van der Waals surface area contributed by atoms with Gasteiger partial charge >= 0.3 is 0 Å². The SMILES string of the molecule is N#Cc1ccc(N)c(NC2CC(F)(F)C2)c1. The van der Waals surface area contributed by atoms with Crippen LogP contribution in [0.3, 0.4) is 0 Å². The lowest BCUT2D eigenvalue weighted by Gasteiger charge is -2.36. The number of hydrogen-bond donors (Lipinski definition) is 2. The minimum absolute atomic E-state index is 0.177. The van der Waals surface area contributed by atoms with Gasteiger partial charge in [0.25, 0.3) is 5.92 Å². The second-order valence-electron chi connectivity index (χ2n) is 4.02. The van der Waals surface area contributed by atoms with Gasteiger partial charge in [-0.2, -0.15) is 5.26 Å². The van der Waals surface area contributed by atoms with Crippen LogP contribution >= 0.6 is 0 Å². The number of hydrogen-bond acceptors (Lipinski definition) is 3. The summed E-state index contributed by atoms with van der Waals surface area (Å²) in [7, 11) is 0. The van der Waals surface area contributed by atoms with E-state index in [-0.39, 0.29) is 18.9 Å². The van der Waals surface area contributed by atoms with Crippen molar-refractivity contribution in [2.45, 2.75) is 24.8 Å². The molecule has 1 saturated carbocycles. The van der Waals surface area contributed by atoms with Gasteiger partial charge in [-0.25, -0.2) is 8.78 Å². The van der Waals surface area contributed by atoms with Crippen LogP contribution in [-0.2, 0) is 0 Å². The molecule has 1 aromatic carbocycles. The number of nitrogens with zero attached hydrogens (tertiary/aromatic N) is 1. The van der Waals surface area contributed by atoms with E-state index in [1.54, 1.807) is 18.2 Å². The van der Waals surface area contributed by atoms with Crippen molar-refractivity contribution in [1.82, 2.24) is 0 Å². The highest BCUT2D eigenvalue weighted by atomic mass is 19.3. The number of anilines is 2. The lowest BCUT2D eigenvalue weighted by Crippen LogP contribution is -2.44. The molecule has 0 saturated heterocycles. The third kappa shape index (κ3) is 2.06. The fraction of sp³-hybridized carbons (Fsp3) is 0.364. The third-order valence-electron chi connectivity index (χ3n) is 2.63. The molecule has 2 rings (SSSR count). The summed E-state index contributed by atoms with van der Waals surface area (Å²) >= 11 is 0. The van der Waals surface area contributed by atoms with Crippen LogP contribution in [0.5, 0.6) is 0 Å². The van der Waals surface area contributed by atoms with Crippen LogP contribution in [0.25, 0.3) is 0 Å². The zero-order chi connectivity index (χ0) is 11.8. The fourth-order valence-corrected chi connectivity index (χ4v) is 1.73. The number of nitriles is 1. The first-order chi connectivity index (χ1) is 7.50. The van der Waals surface area contributed by atoms with Crippen molar-refractivity contribution in [1.29, 1.82) is 5.26 Å². The van der Waals surface area contributed by atoms with Crippen molar-refractivity contribution in [3.05, 3.63) is 23.8 Å². The molecule has 1 fully saturated rings. The van der Waals surface area contributed by atoms with Gasteiger partial charge in [0.1, 0.15) is 0 Å². The molecule has 1 aliphatic rings. The molecule has 0 aliphatic heterocycles. The predicted molar refractivity (Wildman–Crippen MR) is 57.2 cm³/mol. The minimum atomic E-state index is -2.56. The largest absolute Gasteiger partial charge is 0.397 e. The third-order valence-corrected chi connectivity index (χ3v) is 2.63. The molecule has 0 amide bonds. The molecular weight excluding hydrogens is 212 g/mol. The number of alkyl halides is 2. The molecule has 16 heavy (non-hydrogen) atoms. The molecular formula is C11H11F2N3. The van der Waals surface area contributed by atoms with E-state index in [2.05, 4.69) is 5.32 Å². The molecule has 0 spiro atoms. The molecule has 84 valence electrons. The number of halogens is 2. The first-order valence-corrected chi connectivity index (χ1v) is 4.94. The van der Waals surface area contributed by atoms with Gasteiger partial charge in [-0.3, -0.25) is 0 Å². The average Bonchev–Trinajstić information content (AvgIpc) is 2.18. The van der Waals surface area contributed by atoms with Crippen LogP contribution < -0.4 is 11.1 Å². The van der Waals surface area contributed by atoms with Crippen LogP contribution in [-0.4, -0.2) is 12.0 Å². The monoisotopic (exact) mass is 223 g/mol. The van der Waals surface area contributed by atoms with Crippen LogP contribution in [0, 0.1) is 11.3 Å². The van der Waals surface area contributed by atoms with Crippen LogP contribution in [0.1, 0.15) is 18.4 Å². The summed E-state index contributed by atoms with van der Waals surface area (Å²) in [6.07, 6.45) is -0.355. The summed E-state index contributed by atoms with van der Waals surface area (Å²) in [4.78, 5) is 0. The summed E-state index contributed by atoms with van der Waals surface area (Å²) in [5, 5.41) is 11.6. The van der Waals surface area contributed by atoms with E-state index >= 15 is 0 Å². The standard InChI is InChI=1S/C11H11F2N3/c12-11(13)4-8(5-11)16-10-3-7(6-14)1-2-9(10)15/h1-3,8,16H,4-5,15H2. The highest BCUT2D eigenvalue weighted by Crippen LogP contribution is 2.39. The molecule has 0 atom stereocenters. The van der Waals surface area contributed by atoms with Crippen LogP contribution in [0.4, 0.5) is 20.2 Å². The quantitative estimate of drug-likeness (QED) is 0.756. The molecule has 1 aliphatic carbocycles. The normalized spacial score (nSPS) is 18.6. The Labute approximate surface area is 91.9 Å². The molecule has 3 N–H and O–H groups in total. The van der Waals surface area contributed by atoms with Gasteiger partial charge in [-0.05, 0) is 18.2 Å². The predicted octanol–water partition coefficient (Wildman–Crippen LogP) is 2.35. The van der Waals surface area contributed by atoms with Gasteiger partial charge in [-0.15, -0.1) is 0 Å². The van der Waals surface area contributed by atoms with E-state index in [0.717, 1.165) is 0 Å². The van der Waals surface area contributed by atoms with Gasteiger partial charge in [0.15, 0.2) is 0 Å². The van der Waals surface area contributed by atoms with E-state index < -0.39 is 5.92 Å². The van der Waals surface area contributed by atoms with Crippen molar-refractivity contribution in [3.63, 3.8) is 0 Å². The van der Waals surface area contributed by atoms with Crippen molar-refractivity contribution in [2.24, 2.45) is 0 Å². The Morgan fingerprint density at radius 3 is 2.69 bits per heavy atom. The topological polar surface area (TPSA) is 61.8 Å². The Bertz CT molecular complexity index is 443. The maximum Gasteiger partial charge on any atom is 0.252 e. The zero-order valence-corrected chi connectivity index (χ0v) is 8.50. The van der Waals surface area contributed by atoms with E-state index in [1.807, 2.05) is 6.07 Å². The molecule has 0 aromatic heterocycles. The van der Waals surface area contributed by atoms with Gasteiger partial charge in [0, 0.05) is 18.9 Å². The number of rotatable bonds is 2. The van der Waals surface area contributed by atoms with E-state index in [4.69, 9.17) is 11.0 Å². The van der Waals surface area contributed by atoms with Gasteiger partial charge in [0.2, 0.25) is 0 Å². The van der Waals surface area contributed by atoms with Crippen molar-refractivity contribution in [2.75, 3.05) is 11.1 Å². The zero-order valence-electron chi connectivity index (χ0n) is 8.50. The van der Waals surface area contributed by atoms with Crippen molar-refractivity contribution in [3.8, 4) is 6.07 Å². The summed E-state index contributed by atoms with van der Waals surface area (Å²) in [6, 6.07) is 6.48. The van der Waals surface area contributed by atoms with Crippen molar-refractivity contribution >= 4 is 11.4 Å². The summed E-state index contributed by atoms with van der Waals surface area (Å²) in [5.41, 5.74) is 7.16. The summed E-state index contributed by atoms with van der Waals surface area (Å²) in [5.74, 6) is -2.56. The molecule has 0 bridgehead atoms. The number of benzene rings is 1. The van der Waals surface area contributed by atoms with E-state index in [0.29, 0.717) is 16.9 Å². The van der Waals surface area contributed by atoms with Crippen molar-refractivity contribution < 1.29 is 8.78 Å². The lowest BCUT2D eigenvalue weighted by atomic mass is 9.88. The van der Waals surface area contributed by atoms with E-state index in [1.165, 1.54) is 0 Å². The minimum Gasteiger partial charge on any atom is -0.397 e. The fourth-order valence-electron chi connectivity index (χ4n) is 1.73. The van der Waals surface area contributed by atoms with Gasteiger partial charge < -0.3 is 11.1 Å². The Hall–Kier alpha value is -1.83. The number of nitrogens with one attached hydrogen (secondary N) is 1. The smallest absolute Gasteiger partial charge is 0.252 e. The van der Waals surface area contributed by atoms with Crippen LogP contribution in [0.15, 0.2) is 18.2 Å². The Morgan fingerprint density at radius 2 is 2.12 bits per heavy atom. The molecule has 0 unspecified atom stereocenters. The average molecular weight is 223 g/mol. The van der Waals surface area contributed by atoms with Crippen LogP contribution in [0.2, 0.25) is 0 Å². The summed E-state index contributed by atoms with van der Waals surface area (Å²) < 4.78 is 25.2. The molecule has 1 aromatic rings. The first kappa shape index (κ1) is 10.7. The maximum absolute atomic E-state index is 12.6. The Morgan fingerprint density at radius 1 is 1.44 bits per heavy atom. The molecule has 0 radical (unpaired) electrons. The second-order valence-corrected chi connectivity index (χ2v) is 4.02. The van der Waals surface area contributed by atoms with Gasteiger partial charge in [-0.1, -0.05) is 0 Å². The van der Waals surface area contributed by atoms with Gasteiger partial charge in [0.05, 0.1) is 23.0 Å². The molecule has 5 heteroatoms. The maximum atomic E-state index is 12.6. The molecule has 3 nitrogen and oxygen atoms in total. The Balaban J connectivity index is 2.08.